The minimum absolute atomic E-state index is 0.152. The predicted octanol–water partition coefficient (Wildman–Crippen LogP) is 1.80. The zero-order valence-electron chi connectivity index (χ0n) is 14.0. The molecule has 0 fully saturated rings. The number of carbonyl (C=O) groups is 2. The van der Waals surface area contributed by atoms with Crippen LogP contribution in [-0.2, 0) is 9.53 Å². The quantitative estimate of drug-likeness (QED) is 0.675. The van der Waals surface area contributed by atoms with Gasteiger partial charge >= 0.3 is 0 Å². The molecule has 0 aliphatic rings. The maximum absolute atomic E-state index is 12.0. The summed E-state index contributed by atoms with van der Waals surface area (Å²) in [6.45, 7) is 4.96. The SMILES string of the molecule is COc1cc(NC(=O)CCOCC(C)C)c(C(N)=O)cc1OC. The van der Waals surface area contributed by atoms with E-state index < -0.39 is 5.91 Å². The number of hydrogen-bond acceptors (Lipinski definition) is 5. The Morgan fingerprint density at radius 2 is 1.78 bits per heavy atom. The smallest absolute Gasteiger partial charge is 0.250 e. The Hall–Kier alpha value is -2.28. The fourth-order valence-corrected chi connectivity index (χ4v) is 1.88. The van der Waals surface area contributed by atoms with E-state index in [0.717, 1.165) is 0 Å². The van der Waals surface area contributed by atoms with Crippen molar-refractivity contribution in [1.82, 2.24) is 0 Å². The third kappa shape index (κ3) is 5.78. The van der Waals surface area contributed by atoms with Crippen LogP contribution in [0.15, 0.2) is 12.1 Å². The van der Waals surface area contributed by atoms with Gasteiger partial charge in [-0.15, -0.1) is 0 Å². The second-order valence-electron chi connectivity index (χ2n) is 5.38. The minimum atomic E-state index is -0.669. The van der Waals surface area contributed by atoms with Crippen LogP contribution in [0.2, 0.25) is 0 Å². The summed E-state index contributed by atoms with van der Waals surface area (Å²) in [5.74, 6) is 0.217. The number of hydrogen-bond donors (Lipinski definition) is 2. The molecule has 0 heterocycles. The van der Waals surface area contributed by atoms with E-state index >= 15 is 0 Å². The molecule has 1 rings (SSSR count). The summed E-state index contributed by atoms with van der Waals surface area (Å²) in [6, 6.07) is 2.94. The van der Waals surface area contributed by atoms with E-state index in [1.165, 1.54) is 26.4 Å². The number of primary amides is 1. The molecule has 7 nitrogen and oxygen atoms in total. The van der Waals surface area contributed by atoms with E-state index in [-0.39, 0.29) is 23.6 Å². The second-order valence-corrected chi connectivity index (χ2v) is 5.38. The Labute approximate surface area is 136 Å². The highest BCUT2D eigenvalue weighted by Crippen LogP contribution is 2.33. The first-order chi connectivity index (χ1) is 10.9. The fourth-order valence-electron chi connectivity index (χ4n) is 1.88. The average molecular weight is 324 g/mol. The van der Waals surface area contributed by atoms with Crippen molar-refractivity contribution in [3.63, 3.8) is 0 Å². The van der Waals surface area contributed by atoms with Crippen molar-refractivity contribution in [3.8, 4) is 11.5 Å². The lowest BCUT2D eigenvalue weighted by Crippen LogP contribution is -2.20. The average Bonchev–Trinajstić information content (AvgIpc) is 2.50. The van der Waals surface area contributed by atoms with Gasteiger partial charge in [0.1, 0.15) is 0 Å². The predicted molar refractivity (Wildman–Crippen MR) is 87.0 cm³/mol. The van der Waals surface area contributed by atoms with Gasteiger partial charge in [-0.2, -0.15) is 0 Å². The van der Waals surface area contributed by atoms with E-state index in [1.807, 2.05) is 13.8 Å². The summed E-state index contributed by atoms with van der Waals surface area (Å²) in [4.78, 5) is 23.5. The maximum atomic E-state index is 12.0. The zero-order chi connectivity index (χ0) is 17.4. The van der Waals surface area contributed by atoms with Crippen LogP contribution in [0.5, 0.6) is 11.5 Å². The number of carbonyl (C=O) groups excluding carboxylic acids is 2. The molecule has 0 aliphatic carbocycles. The molecule has 0 bridgehead atoms. The first-order valence-electron chi connectivity index (χ1n) is 7.32. The van der Waals surface area contributed by atoms with Crippen molar-refractivity contribution in [1.29, 1.82) is 0 Å². The van der Waals surface area contributed by atoms with E-state index in [1.54, 1.807) is 0 Å². The number of rotatable bonds is 9. The normalized spacial score (nSPS) is 10.5. The van der Waals surface area contributed by atoms with Gasteiger partial charge in [-0.3, -0.25) is 9.59 Å². The van der Waals surface area contributed by atoms with Crippen molar-refractivity contribution in [2.45, 2.75) is 20.3 Å². The fraction of sp³-hybridized carbons (Fsp3) is 0.500. The summed E-state index contributed by atoms with van der Waals surface area (Å²) in [6.07, 6.45) is 0.180. The van der Waals surface area contributed by atoms with Crippen molar-refractivity contribution in [2.75, 3.05) is 32.8 Å². The number of ether oxygens (including phenoxy) is 3. The van der Waals surface area contributed by atoms with Crippen LogP contribution < -0.4 is 20.5 Å². The Balaban J connectivity index is 2.81. The summed E-state index contributed by atoms with van der Waals surface area (Å²) in [7, 11) is 2.92. The molecule has 7 heteroatoms. The van der Waals surface area contributed by atoms with Crippen LogP contribution in [0.4, 0.5) is 5.69 Å². The van der Waals surface area contributed by atoms with E-state index in [2.05, 4.69) is 5.32 Å². The van der Waals surface area contributed by atoms with Crippen LogP contribution in [0.3, 0.4) is 0 Å². The summed E-state index contributed by atoms with van der Waals surface area (Å²) >= 11 is 0. The van der Waals surface area contributed by atoms with Crippen LogP contribution in [0.25, 0.3) is 0 Å². The zero-order valence-corrected chi connectivity index (χ0v) is 14.0. The number of methoxy groups -OCH3 is 2. The molecular formula is C16H24N2O5. The van der Waals surface area contributed by atoms with Gasteiger partial charge in [0, 0.05) is 12.7 Å². The third-order valence-electron chi connectivity index (χ3n) is 2.99. The number of nitrogens with two attached hydrogens (primary N) is 1. The van der Waals surface area contributed by atoms with Crippen LogP contribution >= 0.6 is 0 Å². The van der Waals surface area contributed by atoms with Crippen LogP contribution in [-0.4, -0.2) is 39.2 Å². The van der Waals surface area contributed by atoms with Gasteiger partial charge in [-0.25, -0.2) is 0 Å². The van der Waals surface area contributed by atoms with E-state index in [9.17, 15) is 9.59 Å². The molecule has 3 N–H and O–H groups in total. The van der Waals surface area contributed by atoms with Crippen molar-refractivity contribution < 1.29 is 23.8 Å². The van der Waals surface area contributed by atoms with E-state index in [0.29, 0.717) is 30.6 Å². The highest BCUT2D eigenvalue weighted by molar-refractivity contribution is 6.03. The van der Waals surface area contributed by atoms with Gasteiger partial charge in [-0.05, 0) is 12.0 Å². The lowest BCUT2D eigenvalue weighted by atomic mass is 10.1. The molecule has 0 saturated heterocycles. The lowest BCUT2D eigenvalue weighted by molar-refractivity contribution is -0.117. The minimum Gasteiger partial charge on any atom is -0.493 e. The van der Waals surface area contributed by atoms with Gasteiger partial charge in [0.25, 0.3) is 5.91 Å². The molecule has 128 valence electrons. The van der Waals surface area contributed by atoms with Gasteiger partial charge in [0.15, 0.2) is 11.5 Å². The van der Waals surface area contributed by atoms with Crippen molar-refractivity contribution >= 4 is 17.5 Å². The maximum Gasteiger partial charge on any atom is 0.250 e. The van der Waals surface area contributed by atoms with Gasteiger partial charge in [0.2, 0.25) is 5.91 Å². The lowest BCUT2D eigenvalue weighted by Gasteiger charge is -2.14. The number of amides is 2. The molecule has 0 saturated carbocycles. The first kappa shape index (κ1) is 18.8. The molecule has 0 aromatic heterocycles. The highest BCUT2D eigenvalue weighted by Gasteiger charge is 2.16. The number of anilines is 1. The molecule has 0 radical (unpaired) electrons. The summed E-state index contributed by atoms with van der Waals surface area (Å²) in [5, 5.41) is 2.65. The monoisotopic (exact) mass is 324 g/mol. The largest absolute Gasteiger partial charge is 0.493 e. The van der Waals surface area contributed by atoms with E-state index in [4.69, 9.17) is 19.9 Å². The highest BCUT2D eigenvalue weighted by atomic mass is 16.5. The Morgan fingerprint density at radius 3 is 2.30 bits per heavy atom. The third-order valence-corrected chi connectivity index (χ3v) is 2.99. The molecule has 0 atom stereocenters. The Morgan fingerprint density at radius 1 is 1.17 bits per heavy atom. The second kappa shape index (κ2) is 8.99. The molecule has 2 amide bonds. The van der Waals surface area contributed by atoms with Crippen molar-refractivity contribution in [2.24, 2.45) is 11.7 Å². The summed E-state index contributed by atoms with van der Waals surface area (Å²) in [5.41, 5.74) is 5.78. The molecule has 23 heavy (non-hydrogen) atoms. The number of benzene rings is 1. The van der Waals surface area contributed by atoms with Gasteiger partial charge < -0.3 is 25.3 Å². The Bertz CT molecular complexity index is 558. The number of nitrogens with one attached hydrogen (secondary N) is 1. The molecular weight excluding hydrogens is 300 g/mol. The molecule has 1 aromatic carbocycles. The van der Waals surface area contributed by atoms with Gasteiger partial charge in [0.05, 0.1) is 38.5 Å². The molecule has 0 spiro atoms. The topological polar surface area (TPSA) is 99.9 Å². The molecule has 1 aromatic rings. The van der Waals surface area contributed by atoms with Crippen molar-refractivity contribution in [3.05, 3.63) is 17.7 Å². The van der Waals surface area contributed by atoms with Crippen LogP contribution in [0, 0.1) is 5.92 Å². The first-order valence-corrected chi connectivity index (χ1v) is 7.32. The Kier molecular flexibility index (Phi) is 7.34. The summed E-state index contributed by atoms with van der Waals surface area (Å²) < 4.78 is 15.7. The van der Waals surface area contributed by atoms with Gasteiger partial charge in [-0.1, -0.05) is 13.8 Å². The van der Waals surface area contributed by atoms with Crippen LogP contribution in [0.1, 0.15) is 30.6 Å². The standard InChI is InChI=1S/C16H24N2O5/c1-10(2)9-23-6-5-15(19)18-12-8-14(22-4)13(21-3)7-11(12)16(17)20/h7-8,10H,5-6,9H2,1-4H3,(H2,17,20)(H,18,19). The molecule has 0 unspecified atom stereocenters. The molecule has 0 aliphatic heterocycles.